The lowest BCUT2D eigenvalue weighted by Crippen LogP contribution is -2.11. The van der Waals surface area contributed by atoms with Gasteiger partial charge < -0.3 is 19.0 Å². The van der Waals surface area contributed by atoms with Crippen molar-refractivity contribution in [2.45, 2.75) is 53.4 Å². The van der Waals surface area contributed by atoms with E-state index in [1.807, 2.05) is 12.2 Å². The molecule has 0 aliphatic heterocycles. The van der Waals surface area contributed by atoms with Crippen LogP contribution in [0.2, 0.25) is 0 Å². The number of hydrogen-bond donors (Lipinski definition) is 1. The molecule has 0 aliphatic carbocycles. The normalized spacial score (nSPS) is 11.8. The first-order chi connectivity index (χ1) is 14.4. The zero-order valence-corrected chi connectivity index (χ0v) is 18.4. The molecule has 162 valence electrons. The molecule has 0 bridgehead atoms. The first kappa shape index (κ1) is 23.3. The van der Waals surface area contributed by atoms with Gasteiger partial charge in [0.15, 0.2) is 5.75 Å². The van der Waals surface area contributed by atoms with E-state index in [9.17, 15) is 9.90 Å². The maximum absolute atomic E-state index is 12.5. The van der Waals surface area contributed by atoms with E-state index in [-0.39, 0.29) is 17.1 Å². The number of ether oxygens (including phenoxy) is 2. The van der Waals surface area contributed by atoms with Crippen LogP contribution in [-0.4, -0.2) is 18.3 Å². The molecule has 1 aromatic carbocycles. The number of fused-ring (bicyclic) bond motifs is 1. The fourth-order valence-electron chi connectivity index (χ4n) is 2.88. The summed E-state index contributed by atoms with van der Waals surface area (Å²) in [5.74, 6) is 0.424. The molecular formula is C25H32O5. The number of benzene rings is 1. The van der Waals surface area contributed by atoms with Gasteiger partial charge in [-0.2, -0.15) is 0 Å². The van der Waals surface area contributed by atoms with E-state index in [0.717, 1.165) is 19.3 Å². The molecule has 2 rings (SSSR count). The van der Waals surface area contributed by atoms with Gasteiger partial charge in [0.25, 0.3) is 0 Å². The molecule has 0 fully saturated rings. The second-order valence-electron chi connectivity index (χ2n) is 7.43. The second-order valence-corrected chi connectivity index (χ2v) is 7.43. The van der Waals surface area contributed by atoms with Gasteiger partial charge in [-0.25, -0.2) is 4.79 Å². The summed E-state index contributed by atoms with van der Waals surface area (Å²) in [5.41, 5.74) is 2.16. The Kier molecular flexibility index (Phi) is 9.26. The van der Waals surface area contributed by atoms with Gasteiger partial charge in [0.05, 0.1) is 12.0 Å². The van der Waals surface area contributed by atoms with E-state index < -0.39 is 5.63 Å². The van der Waals surface area contributed by atoms with E-state index in [0.29, 0.717) is 30.8 Å². The van der Waals surface area contributed by atoms with Crippen molar-refractivity contribution >= 4 is 11.0 Å². The summed E-state index contributed by atoms with van der Waals surface area (Å²) >= 11 is 0. The van der Waals surface area contributed by atoms with E-state index in [1.54, 1.807) is 6.07 Å². The molecule has 0 radical (unpaired) electrons. The van der Waals surface area contributed by atoms with Crippen molar-refractivity contribution in [1.82, 2.24) is 0 Å². The van der Waals surface area contributed by atoms with Crippen LogP contribution in [-0.2, 0) is 0 Å². The van der Waals surface area contributed by atoms with Crippen LogP contribution in [0.3, 0.4) is 0 Å². The molecule has 5 heteroatoms. The zero-order valence-electron chi connectivity index (χ0n) is 18.4. The molecule has 0 saturated carbocycles. The molecule has 0 aliphatic rings. The van der Waals surface area contributed by atoms with Gasteiger partial charge in [0.2, 0.25) is 5.75 Å². The monoisotopic (exact) mass is 412 g/mol. The minimum atomic E-state index is -0.619. The van der Waals surface area contributed by atoms with Crippen molar-refractivity contribution in [3.63, 3.8) is 0 Å². The second kappa shape index (κ2) is 11.9. The number of rotatable bonds is 11. The Morgan fingerprint density at radius 1 is 1.07 bits per heavy atom. The van der Waals surface area contributed by atoms with Gasteiger partial charge in [-0.3, -0.25) is 0 Å². The quantitative estimate of drug-likeness (QED) is 0.266. The number of allylic oxidation sites excluding steroid dienone is 4. The first-order valence-electron chi connectivity index (χ1n) is 10.4. The van der Waals surface area contributed by atoms with Crippen LogP contribution in [0.5, 0.6) is 17.2 Å². The summed E-state index contributed by atoms with van der Waals surface area (Å²) in [6.07, 6.45) is 11.9. The lowest BCUT2D eigenvalue weighted by Gasteiger charge is -2.13. The van der Waals surface area contributed by atoms with Gasteiger partial charge in [-0.1, -0.05) is 36.3 Å². The Labute approximate surface area is 178 Å². The third-order valence-corrected chi connectivity index (χ3v) is 4.49. The largest absolute Gasteiger partial charge is 0.508 e. The molecule has 1 N–H and O–H groups in total. The molecule has 0 amide bonds. The summed E-state index contributed by atoms with van der Waals surface area (Å²) < 4.78 is 17.0. The SMILES string of the molecule is CCC=CCCOc1c(OCC=C(C)CCC=C(C)C)c2ccc(O)cc2oc1=O. The van der Waals surface area contributed by atoms with Gasteiger partial charge in [-0.05, 0) is 64.7 Å². The molecule has 0 saturated heterocycles. The lowest BCUT2D eigenvalue weighted by molar-refractivity contribution is 0.276. The van der Waals surface area contributed by atoms with Crippen molar-refractivity contribution < 1.29 is 19.0 Å². The predicted molar refractivity (Wildman–Crippen MR) is 122 cm³/mol. The van der Waals surface area contributed by atoms with Crippen molar-refractivity contribution in [2.24, 2.45) is 0 Å². The molecule has 0 unspecified atom stereocenters. The topological polar surface area (TPSA) is 68.9 Å². The van der Waals surface area contributed by atoms with E-state index in [4.69, 9.17) is 13.9 Å². The molecular weight excluding hydrogens is 380 g/mol. The first-order valence-corrected chi connectivity index (χ1v) is 10.4. The Morgan fingerprint density at radius 2 is 1.87 bits per heavy atom. The van der Waals surface area contributed by atoms with E-state index in [2.05, 4.69) is 39.8 Å². The Bertz CT molecular complexity index is 975. The maximum atomic E-state index is 12.5. The fraction of sp³-hybridized carbons (Fsp3) is 0.400. The average molecular weight is 413 g/mol. The highest BCUT2D eigenvalue weighted by atomic mass is 16.5. The summed E-state index contributed by atoms with van der Waals surface area (Å²) in [4.78, 5) is 12.5. The van der Waals surface area contributed by atoms with Gasteiger partial charge >= 0.3 is 5.63 Å². The van der Waals surface area contributed by atoms with Crippen molar-refractivity contribution in [2.75, 3.05) is 13.2 Å². The smallest absolute Gasteiger partial charge is 0.383 e. The Morgan fingerprint density at radius 3 is 2.60 bits per heavy atom. The number of hydrogen-bond acceptors (Lipinski definition) is 5. The van der Waals surface area contributed by atoms with Crippen LogP contribution in [0.15, 0.2) is 62.9 Å². The van der Waals surface area contributed by atoms with E-state index >= 15 is 0 Å². The van der Waals surface area contributed by atoms with E-state index in [1.165, 1.54) is 23.3 Å². The van der Waals surface area contributed by atoms with Gasteiger partial charge in [-0.15, -0.1) is 0 Å². The molecule has 30 heavy (non-hydrogen) atoms. The summed E-state index contributed by atoms with van der Waals surface area (Å²) in [6.45, 7) is 8.96. The van der Waals surface area contributed by atoms with Gasteiger partial charge in [0.1, 0.15) is 17.9 Å². The average Bonchev–Trinajstić information content (AvgIpc) is 2.68. The highest BCUT2D eigenvalue weighted by Gasteiger charge is 2.18. The number of phenols is 1. The standard InChI is InChI=1S/C25H32O5/c1-5-6-7-8-15-28-24-23(29-16-14-19(4)11-9-10-18(2)3)21-13-12-20(26)17-22(21)30-25(24)27/h6-7,10,12-14,17,26H,5,8-9,11,15-16H2,1-4H3. The van der Waals surface area contributed by atoms with Crippen molar-refractivity contribution in [3.05, 3.63) is 64.1 Å². The highest BCUT2D eigenvalue weighted by molar-refractivity contribution is 5.86. The van der Waals surface area contributed by atoms with Crippen LogP contribution in [0.4, 0.5) is 0 Å². The zero-order chi connectivity index (χ0) is 21.9. The fourth-order valence-corrected chi connectivity index (χ4v) is 2.88. The lowest BCUT2D eigenvalue weighted by atomic mass is 10.1. The molecule has 0 atom stereocenters. The van der Waals surface area contributed by atoms with Crippen molar-refractivity contribution in [1.29, 1.82) is 0 Å². The molecule has 5 nitrogen and oxygen atoms in total. The van der Waals surface area contributed by atoms with Crippen LogP contribution >= 0.6 is 0 Å². The molecule has 1 heterocycles. The summed E-state index contributed by atoms with van der Waals surface area (Å²) in [6, 6.07) is 4.60. The molecule has 1 aromatic heterocycles. The van der Waals surface area contributed by atoms with Crippen LogP contribution in [0.1, 0.15) is 53.4 Å². The summed E-state index contributed by atoms with van der Waals surface area (Å²) in [7, 11) is 0. The third-order valence-electron chi connectivity index (χ3n) is 4.49. The molecule has 0 spiro atoms. The third kappa shape index (κ3) is 7.14. The van der Waals surface area contributed by atoms with Crippen LogP contribution < -0.4 is 15.1 Å². The maximum Gasteiger partial charge on any atom is 0.383 e. The Hall–Kier alpha value is -2.95. The Balaban J connectivity index is 2.23. The number of aromatic hydroxyl groups is 1. The number of phenolic OH excluding ortho intramolecular Hbond substituents is 1. The minimum Gasteiger partial charge on any atom is -0.508 e. The van der Waals surface area contributed by atoms with Crippen molar-refractivity contribution in [3.8, 4) is 17.2 Å². The van der Waals surface area contributed by atoms with Crippen LogP contribution in [0, 0.1) is 0 Å². The highest BCUT2D eigenvalue weighted by Crippen LogP contribution is 2.34. The summed E-state index contributed by atoms with van der Waals surface area (Å²) in [5, 5.41) is 10.3. The minimum absolute atomic E-state index is 0.0185. The van der Waals surface area contributed by atoms with Crippen LogP contribution in [0.25, 0.3) is 11.0 Å². The molecule has 2 aromatic rings. The van der Waals surface area contributed by atoms with Gasteiger partial charge in [0, 0.05) is 6.07 Å². The predicted octanol–water partition coefficient (Wildman–Crippen LogP) is 6.31.